The minimum absolute atomic E-state index is 0.000606. The summed E-state index contributed by atoms with van der Waals surface area (Å²) in [7, 11) is -4.53. The van der Waals surface area contributed by atoms with Crippen molar-refractivity contribution in [1.82, 2.24) is 10.6 Å². The van der Waals surface area contributed by atoms with E-state index in [1.807, 2.05) is 12.1 Å². The SMILES string of the molecule is CCOC(=O)C(=O)C=C(O)c1cccc(COCCOCCN(c2cc3oc(-c4ccc(F)cc4)c(C(=O)NC)c3cc2C2CC2)S(C)(=O)=O)c1.CNC(=O)c1c(-c2ccc(F)cc2)oc2cc(N(CCOCCOCc3cccc(C(O)=CC(=O)C(=O)O)c3)S(C)(=O)=O)c(C3CC3)cc12. The van der Waals surface area contributed by atoms with Crippen LogP contribution in [0.2, 0.25) is 0 Å². The highest BCUT2D eigenvalue weighted by molar-refractivity contribution is 7.92. The Labute approximate surface area is 574 Å². The van der Waals surface area contributed by atoms with Crippen molar-refractivity contribution in [2.45, 2.75) is 57.7 Å². The number of amides is 2. The van der Waals surface area contributed by atoms with Crippen LogP contribution in [0, 0.1) is 11.6 Å². The molecule has 0 unspecified atom stereocenters. The van der Waals surface area contributed by atoms with Crippen LogP contribution in [0.25, 0.3) is 56.1 Å². The number of aliphatic hydroxyl groups is 2. The number of nitrogens with zero attached hydrogens (tertiary/aromatic N) is 2. The first-order valence-electron chi connectivity index (χ1n) is 31.7. The minimum atomic E-state index is -3.77. The van der Waals surface area contributed by atoms with E-state index < -0.39 is 66.9 Å². The molecule has 100 heavy (non-hydrogen) atoms. The van der Waals surface area contributed by atoms with Crippen molar-refractivity contribution in [2.24, 2.45) is 0 Å². The quantitative estimate of drug-likeness (QED) is 0.00839. The fraction of sp³-hybridized carbons (Fsp3) is 0.306. The summed E-state index contributed by atoms with van der Waals surface area (Å²) in [6.45, 7) is 2.71. The molecule has 5 N–H and O–H groups in total. The summed E-state index contributed by atoms with van der Waals surface area (Å²) < 4.78 is 122. The molecule has 0 radical (unpaired) electrons. The van der Waals surface area contributed by atoms with Crippen LogP contribution in [0.3, 0.4) is 0 Å². The molecule has 2 fully saturated rings. The van der Waals surface area contributed by atoms with Crippen molar-refractivity contribution in [3.8, 4) is 22.6 Å². The summed E-state index contributed by atoms with van der Waals surface area (Å²) in [4.78, 5) is 71.6. The molecule has 28 heteroatoms. The summed E-state index contributed by atoms with van der Waals surface area (Å²) in [5.41, 5.74) is 6.53. The maximum Gasteiger partial charge on any atom is 0.379 e. The lowest BCUT2D eigenvalue weighted by molar-refractivity contribution is -0.151. The van der Waals surface area contributed by atoms with Gasteiger partial charge in [0.15, 0.2) is 0 Å². The Morgan fingerprint density at radius 3 is 1.29 bits per heavy atom. The first-order chi connectivity index (χ1) is 47.8. The van der Waals surface area contributed by atoms with E-state index in [0.29, 0.717) is 67.2 Å². The predicted octanol–water partition coefficient (Wildman–Crippen LogP) is 10.5. The number of carboxylic acid groups (broad SMARTS) is 1. The number of anilines is 2. The number of esters is 1. The molecule has 0 spiro atoms. The Balaban J connectivity index is 0.000000233. The number of aliphatic carboxylic acids is 1. The number of ketones is 2. The number of nitrogens with one attached hydrogen (secondary N) is 2. The van der Waals surface area contributed by atoms with Gasteiger partial charge in [0.05, 0.1) is 108 Å². The van der Waals surface area contributed by atoms with Gasteiger partial charge in [-0.1, -0.05) is 36.4 Å². The molecule has 2 amide bonds. The van der Waals surface area contributed by atoms with Crippen LogP contribution in [0.5, 0.6) is 0 Å². The fourth-order valence-electron chi connectivity index (χ4n) is 10.9. The highest BCUT2D eigenvalue weighted by Crippen LogP contribution is 2.50. The second kappa shape index (κ2) is 33.2. The smallest absolute Gasteiger partial charge is 0.379 e. The lowest BCUT2D eigenvalue weighted by atomic mass is 10.0. The monoisotopic (exact) mass is 1420 g/mol. The number of fused-ring (bicyclic) bond motifs is 2. The van der Waals surface area contributed by atoms with Crippen molar-refractivity contribution in [1.29, 1.82) is 0 Å². The first kappa shape index (κ1) is 74.1. The van der Waals surface area contributed by atoms with E-state index in [0.717, 1.165) is 55.4 Å². The Morgan fingerprint density at radius 1 is 0.540 bits per heavy atom. The second-order valence-corrected chi connectivity index (χ2v) is 27.2. The van der Waals surface area contributed by atoms with Gasteiger partial charge in [0, 0.05) is 71.4 Å². The maximum atomic E-state index is 13.7. The topological polar surface area (TPSA) is 334 Å². The third kappa shape index (κ3) is 19.0. The zero-order chi connectivity index (χ0) is 72.0. The molecule has 0 bridgehead atoms. The van der Waals surface area contributed by atoms with E-state index >= 15 is 0 Å². The zero-order valence-electron chi connectivity index (χ0n) is 55.2. The zero-order valence-corrected chi connectivity index (χ0v) is 56.8. The van der Waals surface area contributed by atoms with Crippen molar-refractivity contribution in [2.75, 3.05) is 94.6 Å². The average molecular weight is 1420 g/mol. The molecule has 2 saturated carbocycles. The molecule has 2 aliphatic carbocycles. The largest absolute Gasteiger partial charge is 0.507 e. The van der Waals surface area contributed by atoms with E-state index in [1.54, 1.807) is 61.5 Å². The van der Waals surface area contributed by atoms with E-state index in [1.165, 1.54) is 77.3 Å². The average Bonchev–Trinajstić information content (AvgIpc) is 1.58. The lowest BCUT2D eigenvalue weighted by Crippen LogP contribution is -2.34. The first-order valence-corrected chi connectivity index (χ1v) is 35.4. The molecule has 0 atom stereocenters. The summed E-state index contributed by atoms with van der Waals surface area (Å²) in [6, 6.07) is 31.1. The van der Waals surface area contributed by atoms with Gasteiger partial charge in [-0.3, -0.25) is 27.8 Å². The van der Waals surface area contributed by atoms with Crippen molar-refractivity contribution >= 4 is 100 Å². The fourth-order valence-corrected chi connectivity index (χ4v) is 12.7. The van der Waals surface area contributed by atoms with Crippen LogP contribution in [0.15, 0.2) is 142 Å². The molecule has 0 aliphatic heterocycles. The van der Waals surface area contributed by atoms with Gasteiger partial charge in [0.25, 0.3) is 23.4 Å². The molecule has 2 aliphatic rings. The van der Waals surface area contributed by atoms with Gasteiger partial charge < -0.3 is 58.5 Å². The number of carboxylic acids is 1. The van der Waals surface area contributed by atoms with Gasteiger partial charge in [-0.25, -0.2) is 35.2 Å². The molecule has 2 aromatic heterocycles. The summed E-state index contributed by atoms with van der Waals surface area (Å²) in [5, 5.41) is 35.4. The standard InChI is InChI=1S/C37H39FN2O10S.C35H35FN2O10S/c1-4-49-37(44)32(42)21-31(41)26-7-5-6-23(18-26)22-48-17-16-47-15-14-40(51(3,45)46)30-20-33-29(19-28(30)24-8-9-24)34(36(43)39-2)35(50-33)25-10-12-27(38)13-11-25;1-37-34(41)32-27-17-26(22-6-7-22)28(18-31(27)48-33(32)23-8-10-25(36)11-9-23)38(49(2,44)45)12-13-46-14-15-47-20-21-4-3-5-24(16-21)29(39)19-30(40)35(42)43/h5-7,10-13,18-21,24,41H,4,8-9,14-17,22H2,1-3H3,(H,39,43);3-5,8-11,16-19,22,39H,6-7,12-15,20H2,1-2H3,(H,37,41)(H,42,43). The highest BCUT2D eigenvalue weighted by atomic mass is 32.2. The van der Waals surface area contributed by atoms with E-state index in [-0.39, 0.29) is 124 Å². The Bertz CT molecular complexity index is 4660. The number of ether oxygens (including phenoxy) is 5. The highest BCUT2D eigenvalue weighted by Gasteiger charge is 2.35. The maximum absolute atomic E-state index is 13.7. The number of hydrogen-bond donors (Lipinski definition) is 5. The Morgan fingerprint density at radius 2 is 0.930 bits per heavy atom. The molecule has 8 aromatic rings. The van der Waals surface area contributed by atoms with E-state index in [9.17, 15) is 64.6 Å². The van der Waals surface area contributed by atoms with Crippen molar-refractivity contribution < 1.29 is 102 Å². The van der Waals surface area contributed by atoms with E-state index in [2.05, 4.69) is 15.4 Å². The number of carbonyl (C=O) groups is 6. The van der Waals surface area contributed by atoms with Crippen molar-refractivity contribution in [3.05, 3.63) is 190 Å². The molecule has 24 nitrogen and oxygen atoms in total. The number of carbonyl (C=O) groups excluding carboxylic acids is 5. The van der Waals surface area contributed by atoms with Crippen LogP contribution in [0.4, 0.5) is 20.2 Å². The number of sulfonamides is 2. The van der Waals surface area contributed by atoms with Gasteiger partial charge >= 0.3 is 11.9 Å². The van der Waals surface area contributed by atoms with Gasteiger partial charge in [0.1, 0.15) is 45.8 Å². The van der Waals surface area contributed by atoms with Crippen LogP contribution >= 0.6 is 0 Å². The minimum Gasteiger partial charge on any atom is -0.507 e. The molecule has 2 heterocycles. The number of furan rings is 2. The third-order valence-corrected chi connectivity index (χ3v) is 18.4. The number of benzene rings is 6. The molecule has 10 rings (SSSR count). The summed E-state index contributed by atoms with van der Waals surface area (Å²) in [6.07, 6.45) is 7.12. The van der Waals surface area contributed by atoms with Gasteiger partial charge in [-0.2, -0.15) is 0 Å². The molecule has 0 saturated heterocycles. The van der Waals surface area contributed by atoms with Gasteiger partial charge in [-0.15, -0.1) is 0 Å². The van der Waals surface area contributed by atoms with Gasteiger partial charge in [-0.05, 0) is 139 Å². The summed E-state index contributed by atoms with van der Waals surface area (Å²) in [5.74, 6) is -6.76. The van der Waals surface area contributed by atoms with Crippen LogP contribution < -0.4 is 19.2 Å². The predicted molar refractivity (Wildman–Crippen MR) is 368 cm³/mol. The lowest BCUT2D eigenvalue weighted by Gasteiger charge is -2.25. The van der Waals surface area contributed by atoms with E-state index in [4.69, 9.17) is 32.9 Å². The molecule has 528 valence electrons. The number of halogens is 2. The Hall–Kier alpha value is -10.1. The normalized spacial score (nSPS) is 13.3. The number of hydrogen-bond acceptors (Lipinski definition) is 19. The molecular weight excluding hydrogens is 1340 g/mol. The number of rotatable bonds is 33. The Kier molecular flexibility index (Phi) is 24.6. The number of aliphatic hydroxyl groups excluding tert-OH is 2. The van der Waals surface area contributed by atoms with Crippen LogP contribution in [0.1, 0.15) is 98.5 Å². The van der Waals surface area contributed by atoms with Crippen LogP contribution in [-0.4, -0.2) is 153 Å². The molecular formula is C72H74F2N4O20S2. The van der Waals surface area contributed by atoms with Crippen molar-refractivity contribution in [3.63, 3.8) is 0 Å². The molecule has 6 aromatic carbocycles. The second-order valence-electron chi connectivity index (χ2n) is 23.4. The van der Waals surface area contributed by atoms with Gasteiger partial charge in [0.2, 0.25) is 20.0 Å². The third-order valence-electron chi connectivity index (χ3n) is 16.0. The van der Waals surface area contributed by atoms with Crippen LogP contribution in [-0.2, 0) is 76.1 Å². The summed E-state index contributed by atoms with van der Waals surface area (Å²) >= 11 is 0.